The summed E-state index contributed by atoms with van der Waals surface area (Å²) in [5.74, 6) is -0.879. The van der Waals surface area contributed by atoms with Crippen LogP contribution in [-0.4, -0.2) is 80.5 Å². The molecule has 39 heavy (non-hydrogen) atoms. The summed E-state index contributed by atoms with van der Waals surface area (Å²) in [5.41, 5.74) is 14.6. The summed E-state index contributed by atoms with van der Waals surface area (Å²) < 4.78 is 26.9. The van der Waals surface area contributed by atoms with Crippen molar-refractivity contribution in [3.63, 3.8) is 0 Å². The lowest BCUT2D eigenvalue weighted by Crippen LogP contribution is -2.51. The van der Waals surface area contributed by atoms with Crippen LogP contribution in [0.25, 0.3) is 0 Å². The normalized spacial score (nSPS) is 14.9. The minimum atomic E-state index is -0.529. The Kier molecular flexibility index (Phi) is 11.8. The van der Waals surface area contributed by atoms with E-state index in [2.05, 4.69) is 10.2 Å². The van der Waals surface area contributed by atoms with Crippen molar-refractivity contribution in [2.75, 3.05) is 67.5 Å². The number of piperazine rings is 2. The highest BCUT2D eigenvalue weighted by atomic mass is 19.1. The smallest absolute Gasteiger partial charge is 0.211 e. The Morgan fingerprint density at radius 3 is 1.69 bits per heavy atom. The lowest BCUT2D eigenvalue weighted by molar-refractivity contribution is -0.105. The Morgan fingerprint density at radius 2 is 1.28 bits per heavy atom. The van der Waals surface area contributed by atoms with Crippen LogP contribution in [0.1, 0.15) is 25.0 Å². The van der Waals surface area contributed by atoms with Crippen LogP contribution in [0.3, 0.4) is 0 Å². The van der Waals surface area contributed by atoms with Crippen molar-refractivity contribution in [2.45, 2.75) is 27.7 Å². The number of rotatable bonds is 4. The molecule has 7 N–H and O–H groups in total. The van der Waals surface area contributed by atoms with E-state index in [1.54, 1.807) is 4.90 Å². The van der Waals surface area contributed by atoms with E-state index in [1.165, 1.54) is 24.7 Å². The van der Waals surface area contributed by atoms with Crippen molar-refractivity contribution >= 4 is 35.4 Å². The molecule has 2 aliphatic heterocycles. The Morgan fingerprint density at radius 1 is 0.821 bits per heavy atom. The molecule has 2 fully saturated rings. The maximum atomic E-state index is 13.5. The van der Waals surface area contributed by atoms with Gasteiger partial charge in [-0.3, -0.25) is 15.6 Å². The van der Waals surface area contributed by atoms with Gasteiger partial charge >= 0.3 is 0 Å². The second-order valence-electron chi connectivity index (χ2n) is 9.02. The number of anilines is 3. The summed E-state index contributed by atoms with van der Waals surface area (Å²) in [6, 6.07) is 8.57. The van der Waals surface area contributed by atoms with Gasteiger partial charge in [-0.15, -0.1) is 0 Å². The van der Waals surface area contributed by atoms with Gasteiger partial charge in [-0.05, 0) is 49.7 Å². The standard InChI is InChI=1S/C13H19N5O.C12H16F2N4.C2H6/c1-10-8-11(16-9-19)2-3-12(10)17-4-6-18(7-5-17)13(14)15;1-8-10(13)6-9(7-11(8)14)17-2-4-18(5-3-17)12(15)16;1-2/h2-3,8-9H,4-7H2,1H3,(H3,14,15)(H,16,19);6-7H,2-5H2,1H3,(H3,15,16);1-2H3. The first kappa shape index (κ1) is 31.1. The zero-order chi connectivity index (χ0) is 29.1. The molecule has 0 radical (unpaired) electrons. The highest BCUT2D eigenvalue weighted by Gasteiger charge is 2.20. The van der Waals surface area contributed by atoms with Gasteiger partial charge in [0.2, 0.25) is 6.41 Å². The van der Waals surface area contributed by atoms with Crippen molar-refractivity contribution < 1.29 is 13.6 Å². The van der Waals surface area contributed by atoms with Gasteiger partial charge in [0.25, 0.3) is 0 Å². The van der Waals surface area contributed by atoms with Gasteiger partial charge in [0, 0.05) is 75.0 Å². The zero-order valence-electron chi connectivity index (χ0n) is 23.2. The number of carbonyl (C=O) groups is 1. The third kappa shape index (κ3) is 8.45. The molecule has 2 saturated heterocycles. The SMILES string of the molecule is CC.Cc1c(F)cc(N2CCN(C(=N)N)CC2)cc1F.Cc1cc(NC=O)ccc1N1CCN(C(=N)N)CC1. The minimum Gasteiger partial charge on any atom is -0.370 e. The Hall–Kier alpha value is -4.09. The second kappa shape index (κ2) is 14.7. The van der Waals surface area contributed by atoms with E-state index in [1.807, 2.05) is 48.8 Å². The molecule has 0 aliphatic carbocycles. The predicted molar refractivity (Wildman–Crippen MR) is 155 cm³/mol. The molecule has 0 bridgehead atoms. The van der Waals surface area contributed by atoms with E-state index >= 15 is 0 Å². The van der Waals surface area contributed by atoms with Gasteiger partial charge in [-0.2, -0.15) is 0 Å². The molecule has 0 atom stereocenters. The topological polar surface area (TPSA) is 142 Å². The Labute approximate surface area is 229 Å². The van der Waals surface area contributed by atoms with Crippen LogP contribution in [-0.2, 0) is 4.79 Å². The third-order valence-electron chi connectivity index (χ3n) is 6.63. The van der Waals surface area contributed by atoms with Crippen LogP contribution in [0.2, 0.25) is 0 Å². The molecule has 0 spiro atoms. The molecular weight excluding hydrogens is 504 g/mol. The maximum Gasteiger partial charge on any atom is 0.211 e. The van der Waals surface area contributed by atoms with Crippen LogP contribution in [0, 0.1) is 36.3 Å². The van der Waals surface area contributed by atoms with Crippen molar-refractivity contribution in [1.82, 2.24) is 9.80 Å². The molecule has 2 aromatic rings. The highest BCUT2D eigenvalue weighted by molar-refractivity contribution is 5.76. The number of amides is 1. The molecule has 1 amide bonds. The van der Waals surface area contributed by atoms with E-state index in [9.17, 15) is 13.6 Å². The molecule has 2 aromatic carbocycles. The Bertz CT molecular complexity index is 1110. The van der Waals surface area contributed by atoms with Crippen LogP contribution in [0.15, 0.2) is 30.3 Å². The quantitative estimate of drug-likeness (QED) is 0.226. The first-order valence-electron chi connectivity index (χ1n) is 13.0. The van der Waals surface area contributed by atoms with Gasteiger partial charge in [0.05, 0.1) is 0 Å². The lowest BCUT2D eigenvalue weighted by Gasteiger charge is -2.37. The maximum absolute atomic E-state index is 13.5. The summed E-state index contributed by atoms with van der Waals surface area (Å²) in [5, 5.41) is 17.4. The third-order valence-corrected chi connectivity index (χ3v) is 6.63. The number of aryl methyl sites for hydroxylation is 1. The molecule has 10 nitrogen and oxygen atoms in total. The van der Waals surface area contributed by atoms with Gasteiger partial charge in [0.15, 0.2) is 11.9 Å². The fourth-order valence-corrected chi connectivity index (χ4v) is 4.38. The van der Waals surface area contributed by atoms with Gasteiger partial charge in [-0.25, -0.2) is 8.78 Å². The summed E-state index contributed by atoms with van der Waals surface area (Å²) >= 11 is 0. The Balaban J connectivity index is 0.000000258. The van der Waals surface area contributed by atoms with Gasteiger partial charge in [-0.1, -0.05) is 13.8 Å². The first-order chi connectivity index (χ1) is 18.6. The number of halogens is 2. The van der Waals surface area contributed by atoms with Crippen LogP contribution in [0.4, 0.5) is 25.8 Å². The summed E-state index contributed by atoms with van der Waals surface area (Å²) in [6.07, 6.45) is 0.681. The molecule has 2 heterocycles. The van der Waals surface area contributed by atoms with Crippen LogP contribution >= 0.6 is 0 Å². The van der Waals surface area contributed by atoms with Crippen molar-refractivity contribution in [2.24, 2.45) is 11.5 Å². The monoisotopic (exact) mass is 545 g/mol. The van der Waals surface area contributed by atoms with Crippen molar-refractivity contribution in [3.05, 3.63) is 53.1 Å². The number of carbonyl (C=O) groups excluding carboxylic acids is 1. The average molecular weight is 546 g/mol. The molecule has 12 heteroatoms. The van der Waals surface area contributed by atoms with Crippen LogP contribution < -0.4 is 26.6 Å². The van der Waals surface area contributed by atoms with E-state index in [4.69, 9.17) is 22.3 Å². The van der Waals surface area contributed by atoms with Gasteiger partial charge < -0.3 is 36.4 Å². The van der Waals surface area contributed by atoms with Crippen LogP contribution in [0.5, 0.6) is 0 Å². The molecule has 214 valence electrons. The van der Waals surface area contributed by atoms with E-state index in [0.29, 0.717) is 38.3 Å². The molecular formula is C27H41F2N9O. The predicted octanol–water partition coefficient (Wildman–Crippen LogP) is 2.89. The number of hydrogen-bond acceptors (Lipinski definition) is 5. The zero-order valence-corrected chi connectivity index (χ0v) is 23.2. The molecule has 2 aliphatic rings. The highest BCUT2D eigenvalue weighted by Crippen LogP contribution is 2.25. The summed E-state index contributed by atoms with van der Waals surface area (Å²) in [4.78, 5) is 18.2. The van der Waals surface area contributed by atoms with Gasteiger partial charge in [0.1, 0.15) is 11.6 Å². The summed E-state index contributed by atoms with van der Waals surface area (Å²) in [6.45, 7) is 13.1. The molecule has 4 rings (SSSR count). The lowest BCUT2D eigenvalue weighted by atomic mass is 10.1. The van der Waals surface area contributed by atoms with E-state index < -0.39 is 11.6 Å². The minimum absolute atomic E-state index is 0.0379. The molecule has 0 aromatic heterocycles. The van der Waals surface area contributed by atoms with Crippen molar-refractivity contribution in [3.8, 4) is 0 Å². The largest absolute Gasteiger partial charge is 0.370 e. The molecule has 0 unspecified atom stereocenters. The number of guanidine groups is 2. The number of hydrogen-bond donors (Lipinski definition) is 5. The fraction of sp³-hybridized carbons (Fsp3) is 0.444. The van der Waals surface area contributed by atoms with Crippen molar-refractivity contribution in [1.29, 1.82) is 10.8 Å². The first-order valence-corrected chi connectivity index (χ1v) is 13.0. The molecule has 0 saturated carbocycles. The second-order valence-corrected chi connectivity index (χ2v) is 9.02. The summed E-state index contributed by atoms with van der Waals surface area (Å²) in [7, 11) is 0. The average Bonchev–Trinajstić information content (AvgIpc) is 2.93. The fourth-order valence-electron chi connectivity index (χ4n) is 4.38. The number of benzene rings is 2. The number of nitrogens with two attached hydrogens (primary N) is 2. The number of nitrogens with one attached hydrogen (secondary N) is 3. The van der Waals surface area contributed by atoms with E-state index in [0.717, 1.165) is 37.4 Å². The number of nitrogens with zero attached hydrogens (tertiary/aromatic N) is 4. The van der Waals surface area contributed by atoms with E-state index in [-0.39, 0.29) is 17.5 Å².